The first kappa shape index (κ1) is 13.7. The number of fused-ring (bicyclic) bond motifs is 1. The van der Waals surface area contributed by atoms with E-state index in [9.17, 15) is 4.79 Å². The zero-order valence-corrected chi connectivity index (χ0v) is 12.3. The third-order valence-corrected chi connectivity index (χ3v) is 5.12. The summed E-state index contributed by atoms with van der Waals surface area (Å²) >= 11 is 0. The molecule has 0 amide bonds. The van der Waals surface area contributed by atoms with E-state index in [4.69, 9.17) is 4.74 Å². The number of carbonyl (C=O) groups excluding carboxylic acids is 1. The first-order valence-electron chi connectivity index (χ1n) is 8.00. The summed E-state index contributed by atoms with van der Waals surface area (Å²) in [5.74, 6) is 2.02. The summed E-state index contributed by atoms with van der Waals surface area (Å²) in [6.45, 7) is 2.33. The second-order valence-electron chi connectivity index (χ2n) is 6.58. The Bertz CT molecular complexity index is 454. The molecule has 4 atom stereocenters. The van der Waals surface area contributed by atoms with E-state index in [0.717, 1.165) is 18.3 Å². The summed E-state index contributed by atoms with van der Waals surface area (Å²) in [7, 11) is 0. The van der Waals surface area contributed by atoms with E-state index in [0.29, 0.717) is 11.5 Å². The summed E-state index contributed by atoms with van der Waals surface area (Å²) < 4.78 is 5.86. The van der Waals surface area contributed by atoms with Crippen molar-refractivity contribution in [1.82, 2.24) is 0 Å². The van der Waals surface area contributed by atoms with Gasteiger partial charge in [-0.15, -0.1) is 0 Å². The topological polar surface area (TPSA) is 26.3 Å². The molecule has 0 radical (unpaired) electrons. The Morgan fingerprint density at radius 3 is 2.70 bits per heavy atom. The monoisotopic (exact) mass is 272 g/mol. The average Bonchev–Trinajstić information content (AvgIpc) is 2.49. The lowest BCUT2D eigenvalue weighted by molar-refractivity contribution is -0.0319. The van der Waals surface area contributed by atoms with Crippen LogP contribution in [0.5, 0.6) is 0 Å². The van der Waals surface area contributed by atoms with Crippen LogP contribution in [-0.4, -0.2) is 12.1 Å². The minimum Gasteiger partial charge on any atom is -0.458 e. The van der Waals surface area contributed by atoms with Crippen molar-refractivity contribution in [2.45, 2.75) is 51.6 Å². The third kappa shape index (κ3) is 2.89. The van der Waals surface area contributed by atoms with Gasteiger partial charge < -0.3 is 4.74 Å². The second-order valence-corrected chi connectivity index (χ2v) is 6.58. The lowest BCUT2D eigenvalue weighted by Crippen LogP contribution is -2.39. The van der Waals surface area contributed by atoms with Crippen LogP contribution < -0.4 is 0 Å². The fourth-order valence-corrected chi connectivity index (χ4v) is 4.02. The molecule has 2 heteroatoms. The van der Waals surface area contributed by atoms with Gasteiger partial charge in [-0.1, -0.05) is 31.5 Å². The Morgan fingerprint density at radius 2 is 1.90 bits per heavy atom. The Balaban J connectivity index is 1.68. The van der Waals surface area contributed by atoms with Gasteiger partial charge in [0, 0.05) is 0 Å². The molecule has 1 aromatic rings. The molecular weight excluding hydrogens is 248 g/mol. The van der Waals surface area contributed by atoms with Crippen molar-refractivity contribution in [3.63, 3.8) is 0 Å². The van der Waals surface area contributed by atoms with Crippen LogP contribution in [0, 0.1) is 17.8 Å². The molecule has 0 saturated heterocycles. The molecule has 2 saturated carbocycles. The fourth-order valence-electron chi connectivity index (χ4n) is 4.02. The predicted octanol–water partition coefficient (Wildman–Crippen LogP) is 4.45. The van der Waals surface area contributed by atoms with Crippen molar-refractivity contribution in [3.8, 4) is 0 Å². The Morgan fingerprint density at radius 1 is 1.10 bits per heavy atom. The van der Waals surface area contributed by atoms with Crippen LogP contribution >= 0.6 is 0 Å². The molecule has 0 aromatic heterocycles. The van der Waals surface area contributed by atoms with Crippen molar-refractivity contribution in [2.24, 2.45) is 17.8 Å². The standard InChI is InChI=1S/C18H24O2/c1-13-10-11-14-8-5-9-17(16(14)12-13)20-18(19)15-6-3-2-4-7-15/h2-4,6-7,13-14,16-17H,5,8-12H2,1H3. The highest BCUT2D eigenvalue weighted by atomic mass is 16.5. The molecule has 0 aliphatic heterocycles. The summed E-state index contributed by atoms with van der Waals surface area (Å²) in [4.78, 5) is 12.2. The van der Waals surface area contributed by atoms with Crippen molar-refractivity contribution in [1.29, 1.82) is 0 Å². The number of esters is 1. The maximum absolute atomic E-state index is 12.2. The van der Waals surface area contributed by atoms with Crippen molar-refractivity contribution >= 4 is 5.97 Å². The van der Waals surface area contributed by atoms with Crippen LogP contribution in [0.1, 0.15) is 55.8 Å². The quantitative estimate of drug-likeness (QED) is 0.744. The first-order valence-corrected chi connectivity index (χ1v) is 8.00. The Labute approximate surface area is 121 Å². The molecule has 1 aromatic carbocycles. The zero-order valence-electron chi connectivity index (χ0n) is 12.3. The van der Waals surface area contributed by atoms with Gasteiger partial charge in [-0.25, -0.2) is 4.79 Å². The van der Waals surface area contributed by atoms with Gasteiger partial charge in [-0.2, -0.15) is 0 Å². The molecular formula is C18H24O2. The van der Waals surface area contributed by atoms with Crippen LogP contribution in [0.25, 0.3) is 0 Å². The van der Waals surface area contributed by atoms with E-state index in [-0.39, 0.29) is 12.1 Å². The maximum atomic E-state index is 12.2. The molecule has 0 heterocycles. The molecule has 4 unspecified atom stereocenters. The minimum atomic E-state index is -0.144. The predicted molar refractivity (Wildman–Crippen MR) is 79.5 cm³/mol. The lowest BCUT2D eigenvalue weighted by atomic mass is 9.66. The van der Waals surface area contributed by atoms with E-state index in [1.54, 1.807) is 0 Å². The minimum absolute atomic E-state index is 0.143. The summed E-state index contributed by atoms with van der Waals surface area (Å²) in [5.41, 5.74) is 0.679. The van der Waals surface area contributed by atoms with Gasteiger partial charge in [0.1, 0.15) is 6.10 Å². The number of hydrogen-bond acceptors (Lipinski definition) is 2. The second kappa shape index (κ2) is 5.99. The van der Waals surface area contributed by atoms with Gasteiger partial charge in [-0.05, 0) is 62.0 Å². The highest BCUT2D eigenvalue weighted by Crippen LogP contribution is 2.43. The molecule has 108 valence electrons. The van der Waals surface area contributed by atoms with Gasteiger partial charge in [0.25, 0.3) is 0 Å². The summed E-state index contributed by atoms with van der Waals surface area (Å²) in [6.07, 6.45) is 7.64. The number of rotatable bonds is 2. The van der Waals surface area contributed by atoms with E-state index >= 15 is 0 Å². The molecule has 20 heavy (non-hydrogen) atoms. The number of carbonyl (C=O) groups is 1. The van der Waals surface area contributed by atoms with Crippen molar-refractivity contribution < 1.29 is 9.53 Å². The highest BCUT2D eigenvalue weighted by molar-refractivity contribution is 5.89. The van der Waals surface area contributed by atoms with E-state index in [1.165, 1.54) is 32.1 Å². The van der Waals surface area contributed by atoms with Gasteiger partial charge in [-0.3, -0.25) is 0 Å². The molecule has 2 aliphatic rings. The SMILES string of the molecule is CC1CCC2CCCC(OC(=O)c3ccccc3)C2C1. The largest absolute Gasteiger partial charge is 0.458 e. The van der Waals surface area contributed by atoms with Crippen LogP contribution in [-0.2, 0) is 4.74 Å². The lowest BCUT2D eigenvalue weighted by Gasteiger charge is -2.42. The molecule has 0 bridgehead atoms. The van der Waals surface area contributed by atoms with Crippen LogP contribution in [0.15, 0.2) is 30.3 Å². The van der Waals surface area contributed by atoms with Crippen LogP contribution in [0.3, 0.4) is 0 Å². The molecule has 0 spiro atoms. The summed E-state index contributed by atoms with van der Waals surface area (Å²) in [6, 6.07) is 9.39. The van der Waals surface area contributed by atoms with Gasteiger partial charge in [0.05, 0.1) is 5.56 Å². The highest BCUT2D eigenvalue weighted by Gasteiger charge is 2.38. The van der Waals surface area contributed by atoms with Crippen LogP contribution in [0.2, 0.25) is 0 Å². The number of benzene rings is 1. The number of ether oxygens (including phenoxy) is 1. The maximum Gasteiger partial charge on any atom is 0.338 e. The van der Waals surface area contributed by atoms with Gasteiger partial charge in [0.2, 0.25) is 0 Å². The normalized spacial score (nSPS) is 33.2. The Hall–Kier alpha value is -1.31. The Kier molecular flexibility index (Phi) is 4.09. The van der Waals surface area contributed by atoms with Crippen molar-refractivity contribution in [3.05, 3.63) is 35.9 Å². The molecule has 0 N–H and O–H groups in total. The van der Waals surface area contributed by atoms with E-state index in [2.05, 4.69) is 6.92 Å². The molecule has 2 nitrogen and oxygen atoms in total. The van der Waals surface area contributed by atoms with Crippen LogP contribution in [0.4, 0.5) is 0 Å². The smallest absolute Gasteiger partial charge is 0.338 e. The number of hydrogen-bond donors (Lipinski definition) is 0. The van der Waals surface area contributed by atoms with E-state index in [1.807, 2.05) is 30.3 Å². The zero-order chi connectivity index (χ0) is 13.9. The first-order chi connectivity index (χ1) is 9.74. The fraction of sp³-hybridized carbons (Fsp3) is 0.611. The molecule has 2 aliphatic carbocycles. The van der Waals surface area contributed by atoms with Gasteiger partial charge in [0.15, 0.2) is 0 Å². The average molecular weight is 272 g/mol. The third-order valence-electron chi connectivity index (χ3n) is 5.12. The molecule has 3 rings (SSSR count). The van der Waals surface area contributed by atoms with E-state index < -0.39 is 0 Å². The van der Waals surface area contributed by atoms with Crippen molar-refractivity contribution in [2.75, 3.05) is 0 Å². The molecule has 2 fully saturated rings. The van der Waals surface area contributed by atoms with Gasteiger partial charge >= 0.3 is 5.97 Å². The summed E-state index contributed by atoms with van der Waals surface area (Å²) in [5, 5.41) is 0.